The molecule has 1 unspecified atom stereocenters. The van der Waals surface area contributed by atoms with Crippen molar-refractivity contribution in [1.29, 1.82) is 5.41 Å². The van der Waals surface area contributed by atoms with Gasteiger partial charge in [-0.3, -0.25) is 20.3 Å². The third kappa shape index (κ3) is 5.48. The Morgan fingerprint density at radius 3 is 2.31 bits per heavy atom. The summed E-state index contributed by atoms with van der Waals surface area (Å²) in [5, 5.41) is 24.3. The topological polar surface area (TPSA) is 171 Å². The van der Waals surface area contributed by atoms with Crippen LogP contribution in [0.5, 0.6) is 0 Å². The first kappa shape index (κ1) is 27.5. The molecule has 35 heavy (non-hydrogen) atoms. The minimum Gasteiger partial charge on any atom is -0.479 e. The summed E-state index contributed by atoms with van der Waals surface area (Å²) in [6.45, 7) is 1.79. The maximum atomic E-state index is 12.9. The van der Waals surface area contributed by atoms with Gasteiger partial charge in [0, 0.05) is 17.7 Å². The second-order valence-corrected chi connectivity index (χ2v) is 7.75. The van der Waals surface area contributed by atoms with E-state index in [1.807, 2.05) is 0 Å². The Morgan fingerprint density at radius 2 is 1.74 bits per heavy atom. The summed E-state index contributed by atoms with van der Waals surface area (Å²) < 4.78 is 0. The number of rotatable bonds is 10. The monoisotopic (exact) mass is 497 g/mol. The predicted molar refractivity (Wildman–Crippen MR) is 137 cm³/mol. The molecule has 9 nitrogen and oxygen atoms in total. The third-order valence-electron chi connectivity index (χ3n) is 5.64. The fourth-order valence-corrected chi connectivity index (χ4v) is 3.89. The van der Waals surface area contributed by atoms with Crippen molar-refractivity contribution < 1.29 is 19.5 Å². The van der Waals surface area contributed by atoms with E-state index < -0.39 is 23.8 Å². The average molecular weight is 498 g/mol. The van der Waals surface area contributed by atoms with Crippen molar-refractivity contribution >= 4 is 46.7 Å². The number of amides is 1. The molecule has 0 bridgehead atoms. The number of carbonyl (C=O) groups excluding carboxylic acids is 2. The molecule has 0 saturated carbocycles. The second-order valence-electron chi connectivity index (χ2n) is 7.75. The summed E-state index contributed by atoms with van der Waals surface area (Å²) in [7, 11) is 0. The molecule has 8 N–H and O–H groups in total. The minimum absolute atomic E-state index is 0. The number of nitrogen functional groups attached to an aromatic ring is 1. The molecular formula is C25H28ClN5O4. The fourth-order valence-electron chi connectivity index (χ4n) is 3.89. The van der Waals surface area contributed by atoms with Gasteiger partial charge in [-0.1, -0.05) is 55.5 Å². The quantitative estimate of drug-likeness (QED) is 0.141. The van der Waals surface area contributed by atoms with Gasteiger partial charge in [0.05, 0.1) is 6.54 Å². The Bertz CT molecular complexity index is 1260. The third-order valence-corrected chi connectivity index (χ3v) is 5.64. The number of carbonyl (C=O) groups is 3. The lowest BCUT2D eigenvalue weighted by Crippen LogP contribution is -2.57. The van der Waals surface area contributed by atoms with Crippen LogP contribution in [0.15, 0.2) is 60.7 Å². The lowest BCUT2D eigenvalue weighted by Gasteiger charge is -2.29. The number of nitrogens with one attached hydrogen (secondary N) is 3. The number of nitrogens with two attached hydrogens (primary N) is 2. The SMILES string of the molecule is CCNC(C(=O)O)(C(=O)CN)c1ccc2c(C(=O)NCc3ccc(C(=N)N)cc3)cccc2c1.Cl. The van der Waals surface area contributed by atoms with Gasteiger partial charge >= 0.3 is 5.97 Å². The Morgan fingerprint density at radius 1 is 1.06 bits per heavy atom. The lowest BCUT2D eigenvalue weighted by molar-refractivity contribution is -0.150. The number of aliphatic carboxylic acids is 1. The number of hydrogen-bond acceptors (Lipinski definition) is 6. The standard InChI is InChI=1S/C25H27N5O4.ClH/c1-2-30-25(24(33)34,21(31)13-26)18-10-11-19-17(12-18)4-3-5-20(19)23(32)29-14-15-6-8-16(9-7-15)22(27)28;/h3-12,30H,2,13-14,26H2,1H3,(H3,27,28)(H,29,32)(H,33,34);1H. The fraction of sp³-hybridized carbons (Fsp3) is 0.200. The number of amidine groups is 1. The number of carboxylic acids is 1. The molecule has 0 aliphatic heterocycles. The van der Waals surface area contributed by atoms with Crippen molar-refractivity contribution in [3.8, 4) is 0 Å². The van der Waals surface area contributed by atoms with Crippen LogP contribution in [0, 0.1) is 5.41 Å². The summed E-state index contributed by atoms with van der Waals surface area (Å²) in [6.07, 6.45) is 0. The highest BCUT2D eigenvalue weighted by molar-refractivity contribution is 6.11. The average Bonchev–Trinajstić information content (AvgIpc) is 2.84. The molecule has 1 atom stereocenters. The summed E-state index contributed by atoms with van der Waals surface area (Å²) in [4.78, 5) is 37.7. The van der Waals surface area contributed by atoms with Gasteiger partial charge in [0.2, 0.25) is 5.54 Å². The van der Waals surface area contributed by atoms with Gasteiger partial charge in [-0.2, -0.15) is 0 Å². The number of fused-ring (bicyclic) bond motifs is 1. The molecule has 1 amide bonds. The minimum atomic E-state index is -1.97. The van der Waals surface area contributed by atoms with Crippen molar-refractivity contribution in [1.82, 2.24) is 10.6 Å². The molecule has 0 heterocycles. The summed E-state index contributed by atoms with van der Waals surface area (Å²) in [5.41, 5.74) is 11.1. The first-order valence-corrected chi connectivity index (χ1v) is 10.7. The van der Waals surface area contributed by atoms with Crippen molar-refractivity contribution in [2.24, 2.45) is 11.5 Å². The number of halogens is 1. The number of carboxylic acid groups (broad SMARTS) is 1. The summed E-state index contributed by atoms with van der Waals surface area (Å²) >= 11 is 0. The molecule has 0 spiro atoms. The van der Waals surface area contributed by atoms with Gasteiger partial charge in [0.25, 0.3) is 5.91 Å². The molecule has 0 aromatic heterocycles. The van der Waals surface area contributed by atoms with Crippen LogP contribution >= 0.6 is 12.4 Å². The Labute approximate surface area is 208 Å². The van der Waals surface area contributed by atoms with Crippen molar-refractivity contribution in [2.45, 2.75) is 19.0 Å². The van der Waals surface area contributed by atoms with Crippen LogP contribution in [0.25, 0.3) is 10.8 Å². The number of hydrogen-bond donors (Lipinski definition) is 6. The molecule has 0 saturated heterocycles. The highest BCUT2D eigenvalue weighted by Crippen LogP contribution is 2.28. The van der Waals surface area contributed by atoms with E-state index in [-0.39, 0.29) is 42.8 Å². The number of benzene rings is 3. The highest BCUT2D eigenvalue weighted by atomic mass is 35.5. The van der Waals surface area contributed by atoms with Gasteiger partial charge in [0.15, 0.2) is 5.78 Å². The van der Waals surface area contributed by atoms with E-state index in [1.165, 1.54) is 6.07 Å². The molecule has 184 valence electrons. The first-order valence-electron chi connectivity index (χ1n) is 10.7. The molecule has 10 heteroatoms. The van der Waals surface area contributed by atoms with E-state index in [0.717, 1.165) is 5.56 Å². The van der Waals surface area contributed by atoms with E-state index in [1.54, 1.807) is 61.5 Å². The molecule has 3 aromatic carbocycles. The Balaban J connectivity index is 0.00000432. The molecule has 0 fully saturated rings. The lowest BCUT2D eigenvalue weighted by atomic mass is 9.83. The van der Waals surface area contributed by atoms with Gasteiger partial charge < -0.3 is 21.9 Å². The second kappa shape index (κ2) is 11.6. The zero-order valence-corrected chi connectivity index (χ0v) is 19.9. The number of likely N-dealkylation sites (N-methyl/N-ethyl adjacent to an activating group) is 1. The molecular weight excluding hydrogens is 470 g/mol. The van der Waals surface area contributed by atoms with E-state index in [4.69, 9.17) is 16.9 Å². The van der Waals surface area contributed by atoms with Crippen LogP contribution in [0.4, 0.5) is 0 Å². The van der Waals surface area contributed by atoms with Crippen molar-refractivity contribution in [3.63, 3.8) is 0 Å². The Kier molecular flexibility index (Phi) is 9.07. The van der Waals surface area contributed by atoms with Crippen LogP contribution in [-0.4, -0.2) is 41.7 Å². The van der Waals surface area contributed by atoms with Gasteiger partial charge in [-0.25, -0.2) is 4.79 Å². The van der Waals surface area contributed by atoms with Gasteiger partial charge in [-0.05, 0) is 40.6 Å². The summed E-state index contributed by atoms with van der Waals surface area (Å²) in [6, 6.07) is 16.9. The predicted octanol–water partition coefficient (Wildman–Crippen LogP) is 1.89. The largest absolute Gasteiger partial charge is 0.479 e. The molecule has 3 aromatic rings. The van der Waals surface area contributed by atoms with Crippen LogP contribution in [0.1, 0.15) is 34.0 Å². The van der Waals surface area contributed by atoms with Gasteiger partial charge in [-0.15, -0.1) is 12.4 Å². The number of Topliss-reactive ketones (excluding diaryl/α,β-unsaturated/α-hetero) is 1. The summed E-state index contributed by atoms with van der Waals surface area (Å²) in [5.74, 6) is -2.33. The number of ketones is 1. The smallest absolute Gasteiger partial charge is 0.336 e. The van der Waals surface area contributed by atoms with Crippen molar-refractivity contribution in [3.05, 3.63) is 82.9 Å². The zero-order valence-electron chi connectivity index (χ0n) is 19.1. The van der Waals surface area contributed by atoms with E-state index >= 15 is 0 Å². The maximum absolute atomic E-state index is 12.9. The van der Waals surface area contributed by atoms with Crippen LogP contribution in [0.2, 0.25) is 0 Å². The van der Waals surface area contributed by atoms with E-state index in [0.29, 0.717) is 21.9 Å². The van der Waals surface area contributed by atoms with Crippen LogP contribution in [0.3, 0.4) is 0 Å². The van der Waals surface area contributed by atoms with E-state index in [9.17, 15) is 19.5 Å². The molecule has 0 aliphatic carbocycles. The molecule has 0 radical (unpaired) electrons. The van der Waals surface area contributed by atoms with Crippen LogP contribution in [-0.2, 0) is 21.7 Å². The normalized spacial score (nSPS) is 12.3. The van der Waals surface area contributed by atoms with Crippen molar-refractivity contribution in [2.75, 3.05) is 13.1 Å². The Hall–Kier alpha value is -3.79. The first-order chi connectivity index (χ1) is 16.2. The molecule has 3 rings (SSSR count). The molecule has 0 aliphatic rings. The van der Waals surface area contributed by atoms with Crippen LogP contribution < -0.4 is 22.1 Å². The maximum Gasteiger partial charge on any atom is 0.336 e. The van der Waals surface area contributed by atoms with Gasteiger partial charge in [0.1, 0.15) is 5.84 Å². The zero-order chi connectivity index (χ0) is 24.9. The van der Waals surface area contributed by atoms with E-state index in [2.05, 4.69) is 10.6 Å². The highest BCUT2D eigenvalue weighted by Gasteiger charge is 2.46.